The maximum atomic E-state index is 10.9. The van der Waals surface area contributed by atoms with Crippen LogP contribution in [0.4, 0.5) is 0 Å². The summed E-state index contributed by atoms with van der Waals surface area (Å²) in [5.74, 6) is 0.0763. The number of aromatic nitrogens is 2. The van der Waals surface area contributed by atoms with Gasteiger partial charge in [0.2, 0.25) is 0 Å². The third-order valence-electron chi connectivity index (χ3n) is 3.39. The second-order valence-electron chi connectivity index (χ2n) is 4.93. The zero-order valence-electron chi connectivity index (χ0n) is 11.7. The van der Waals surface area contributed by atoms with Gasteiger partial charge in [0.15, 0.2) is 0 Å². The van der Waals surface area contributed by atoms with Crippen LogP contribution in [0.15, 0.2) is 60.9 Å². The number of carbonyl (C=O) groups is 1. The van der Waals surface area contributed by atoms with Gasteiger partial charge in [0.1, 0.15) is 11.6 Å². The van der Waals surface area contributed by atoms with Crippen molar-refractivity contribution in [3.05, 3.63) is 72.1 Å². The molecule has 2 N–H and O–H groups in total. The van der Waals surface area contributed by atoms with Crippen LogP contribution in [-0.2, 0) is 6.54 Å². The van der Waals surface area contributed by atoms with Gasteiger partial charge in [0, 0.05) is 24.5 Å². The van der Waals surface area contributed by atoms with E-state index in [1.165, 1.54) is 0 Å². The van der Waals surface area contributed by atoms with E-state index in [2.05, 4.69) is 4.98 Å². The van der Waals surface area contributed by atoms with E-state index in [1.807, 2.05) is 22.9 Å². The Kier molecular flexibility index (Phi) is 3.62. The molecule has 0 aliphatic heterocycles. The molecule has 0 aliphatic carbocycles. The number of imidazole rings is 1. The Hall–Kier alpha value is -3.08. The van der Waals surface area contributed by atoms with Gasteiger partial charge in [-0.3, -0.25) is 0 Å². The fraction of sp³-hybridized carbons (Fsp3) is 0.0588. The van der Waals surface area contributed by atoms with E-state index in [0.29, 0.717) is 6.54 Å². The summed E-state index contributed by atoms with van der Waals surface area (Å²) in [5.41, 5.74) is 2.17. The van der Waals surface area contributed by atoms with Crippen LogP contribution in [0.5, 0.6) is 5.75 Å². The van der Waals surface area contributed by atoms with Crippen LogP contribution < -0.4 is 0 Å². The molecule has 0 saturated heterocycles. The van der Waals surface area contributed by atoms with E-state index < -0.39 is 5.97 Å². The van der Waals surface area contributed by atoms with Crippen LogP contribution in [0.1, 0.15) is 15.9 Å². The molecule has 1 aromatic heterocycles. The monoisotopic (exact) mass is 294 g/mol. The summed E-state index contributed by atoms with van der Waals surface area (Å²) in [6.45, 7) is 0.593. The lowest BCUT2D eigenvalue weighted by Gasteiger charge is -2.08. The van der Waals surface area contributed by atoms with Crippen LogP contribution in [0.25, 0.3) is 11.4 Å². The minimum absolute atomic E-state index is 0.214. The molecule has 0 aliphatic rings. The van der Waals surface area contributed by atoms with E-state index in [9.17, 15) is 9.90 Å². The third kappa shape index (κ3) is 2.83. The van der Waals surface area contributed by atoms with Gasteiger partial charge in [-0.1, -0.05) is 12.1 Å². The fourth-order valence-electron chi connectivity index (χ4n) is 2.26. The first-order chi connectivity index (χ1) is 10.6. The number of carboxylic acids is 1. The highest BCUT2D eigenvalue weighted by molar-refractivity contribution is 5.87. The SMILES string of the molecule is O=C(O)c1ccc(Cn2ccnc2-c2ccc(O)cc2)cc1. The van der Waals surface area contributed by atoms with Gasteiger partial charge < -0.3 is 14.8 Å². The molecule has 22 heavy (non-hydrogen) atoms. The molecule has 0 bridgehead atoms. The number of rotatable bonds is 4. The zero-order chi connectivity index (χ0) is 15.5. The van der Waals surface area contributed by atoms with Crippen molar-refractivity contribution in [2.45, 2.75) is 6.54 Å². The summed E-state index contributed by atoms with van der Waals surface area (Å²) in [4.78, 5) is 15.2. The van der Waals surface area contributed by atoms with Crippen molar-refractivity contribution >= 4 is 5.97 Å². The number of nitrogens with zero attached hydrogens (tertiary/aromatic N) is 2. The largest absolute Gasteiger partial charge is 0.508 e. The Morgan fingerprint density at radius 2 is 1.73 bits per heavy atom. The molecule has 3 rings (SSSR count). The van der Waals surface area contributed by atoms with Crippen LogP contribution in [0, 0.1) is 0 Å². The average molecular weight is 294 g/mol. The first-order valence-corrected chi connectivity index (χ1v) is 6.76. The molecule has 3 aromatic rings. The molecular weight excluding hydrogens is 280 g/mol. The molecule has 1 heterocycles. The molecular formula is C17H14N2O3. The Labute approximate surface area is 127 Å². The highest BCUT2D eigenvalue weighted by Crippen LogP contribution is 2.21. The molecule has 0 unspecified atom stereocenters. The Bertz CT molecular complexity index is 790. The van der Waals surface area contributed by atoms with E-state index in [4.69, 9.17) is 5.11 Å². The van der Waals surface area contributed by atoms with Crippen molar-refractivity contribution in [3.8, 4) is 17.1 Å². The fourth-order valence-corrected chi connectivity index (χ4v) is 2.26. The van der Waals surface area contributed by atoms with Crippen LogP contribution >= 0.6 is 0 Å². The number of phenols is 1. The summed E-state index contributed by atoms with van der Waals surface area (Å²) in [7, 11) is 0. The molecule has 5 nitrogen and oxygen atoms in total. The summed E-state index contributed by atoms with van der Waals surface area (Å²) in [6.07, 6.45) is 3.58. The lowest BCUT2D eigenvalue weighted by atomic mass is 10.1. The molecule has 0 saturated carbocycles. The molecule has 5 heteroatoms. The predicted molar refractivity (Wildman–Crippen MR) is 81.8 cm³/mol. The van der Waals surface area contributed by atoms with Crippen molar-refractivity contribution in [3.63, 3.8) is 0 Å². The molecule has 0 spiro atoms. The minimum atomic E-state index is -0.932. The Morgan fingerprint density at radius 3 is 2.36 bits per heavy atom. The first kappa shape index (κ1) is 13.9. The van der Waals surface area contributed by atoms with Crippen LogP contribution in [0.3, 0.4) is 0 Å². The minimum Gasteiger partial charge on any atom is -0.508 e. The highest BCUT2D eigenvalue weighted by Gasteiger charge is 2.07. The van der Waals surface area contributed by atoms with Crippen molar-refractivity contribution < 1.29 is 15.0 Å². The standard InChI is InChI=1S/C17H14N2O3/c20-15-7-5-13(6-8-15)16-18-9-10-19(16)11-12-1-3-14(4-2-12)17(21)22/h1-10,20H,11H2,(H,21,22). The number of hydrogen-bond donors (Lipinski definition) is 2. The van der Waals surface area contributed by atoms with Crippen LogP contribution in [0.2, 0.25) is 0 Å². The number of aromatic carboxylic acids is 1. The number of hydrogen-bond acceptors (Lipinski definition) is 3. The third-order valence-corrected chi connectivity index (χ3v) is 3.39. The smallest absolute Gasteiger partial charge is 0.335 e. The summed E-state index contributed by atoms with van der Waals surface area (Å²) < 4.78 is 1.97. The normalized spacial score (nSPS) is 10.5. The lowest BCUT2D eigenvalue weighted by molar-refractivity contribution is 0.0697. The number of aromatic hydroxyl groups is 1. The Balaban J connectivity index is 1.86. The highest BCUT2D eigenvalue weighted by atomic mass is 16.4. The summed E-state index contributed by atoms with van der Waals surface area (Å²) in [6, 6.07) is 13.6. The van der Waals surface area contributed by atoms with Gasteiger partial charge in [0.25, 0.3) is 0 Å². The van der Waals surface area contributed by atoms with Gasteiger partial charge in [-0.2, -0.15) is 0 Å². The molecule has 0 radical (unpaired) electrons. The average Bonchev–Trinajstić information content (AvgIpc) is 2.97. The summed E-state index contributed by atoms with van der Waals surface area (Å²) in [5, 5.41) is 18.3. The predicted octanol–water partition coefficient (Wildman–Crippen LogP) is 3.00. The van der Waals surface area contributed by atoms with Gasteiger partial charge in [-0.25, -0.2) is 9.78 Å². The van der Waals surface area contributed by atoms with Gasteiger partial charge in [-0.15, -0.1) is 0 Å². The second kappa shape index (κ2) is 5.73. The van der Waals surface area contributed by atoms with Gasteiger partial charge >= 0.3 is 5.97 Å². The topological polar surface area (TPSA) is 75.3 Å². The van der Waals surface area contributed by atoms with E-state index in [-0.39, 0.29) is 11.3 Å². The van der Waals surface area contributed by atoms with Crippen molar-refractivity contribution in [1.29, 1.82) is 0 Å². The molecule has 2 aromatic carbocycles. The lowest BCUT2D eigenvalue weighted by Crippen LogP contribution is -2.02. The maximum absolute atomic E-state index is 10.9. The van der Waals surface area contributed by atoms with Crippen molar-refractivity contribution in [2.24, 2.45) is 0 Å². The molecule has 110 valence electrons. The van der Waals surface area contributed by atoms with E-state index in [1.54, 1.807) is 42.6 Å². The molecule has 0 amide bonds. The van der Waals surface area contributed by atoms with Crippen molar-refractivity contribution in [1.82, 2.24) is 9.55 Å². The number of benzene rings is 2. The molecule has 0 fully saturated rings. The van der Waals surface area contributed by atoms with E-state index in [0.717, 1.165) is 17.0 Å². The van der Waals surface area contributed by atoms with E-state index >= 15 is 0 Å². The van der Waals surface area contributed by atoms with Gasteiger partial charge in [-0.05, 0) is 42.0 Å². The van der Waals surface area contributed by atoms with Gasteiger partial charge in [0.05, 0.1) is 5.56 Å². The Morgan fingerprint density at radius 1 is 1.05 bits per heavy atom. The first-order valence-electron chi connectivity index (χ1n) is 6.76. The quantitative estimate of drug-likeness (QED) is 0.775. The molecule has 0 atom stereocenters. The van der Waals surface area contributed by atoms with Crippen LogP contribution in [-0.4, -0.2) is 25.7 Å². The number of phenolic OH excluding ortho intramolecular Hbond substituents is 1. The van der Waals surface area contributed by atoms with Crippen molar-refractivity contribution in [2.75, 3.05) is 0 Å². The maximum Gasteiger partial charge on any atom is 0.335 e. The number of carboxylic acid groups (broad SMARTS) is 1. The summed E-state index contributed by atoms with van der Waals surface area (Å²) >= 11 is 0. The zero-order valence-corrected chi connectivity index (χ0v) is 11.7. The second-order valence-corrected chi connectivity index (χ2v) is 4.93.